The number of furan rings is 1. The number of ether oxygens (including phenoxy) is 1. The summed E-state index contributed by atoms with van der Waals surface area (Å²) in [5.74, 6) is 1.78. The summed E-state index contributed by atoms with van der Waals surface area (Å²) in [5, 5.41) is 8.78. The zero-order chi connectivity index (χ0) is 18.4. The first kappa shape index (κ1) is 17.7. The minimum Gasteiger partial charge on any atom is -0.486 e. The summed E-state index contributed by atoms with van der Waals surface area (Å²) in [6, 6.07) is 19.7. The second-order valence-electron chi connectivity index (χ2n) is 5.43. The van der Waals surface area contributed by atoms with Crippen LogP contribution in [0, 0.1) is 11.3 Å². The van der Waals surface area contributed by atoms with E-state index in [0.717, 1.165) is 4.47 Å². The summed E-state index contributed by atoms with van der Waals surface area (Å²) in [6.07, 6.45) is 3.11. The average molecular weight is 408 g/mol. The first-order chi connectivity index (χ1) is 12.6. The van der Waals surface area contributed by atoms with Crippen LogP contribution in [-0.4, -0.2) is 5.78 Å². The van der Waals surface area contributed by atoms with Crippen LogP contribution in [0.5, 0.6) is 5.75 Å². The van der Waals surface area contributed by atoms with Crippen molar-refractivity contribution in [3.63, 3.8) is 0 Å². The Hall–Kier alpha value is -3.10. The maximum Gasteiger partial charge on any atom is 0.185 e. The van der Waals surface area contributed by atoms with Crippen LogP contribution < -0.4 is 4.74 Å². The first-order valence-electron chi connectivity index (χ1n) is 7.84. The van der Waals surface area contributed by atoms with Crippen LogP contribution in [0.1, 0.15) is 27.4 Å². The highest BCUT2D eigenvalue weighted by molar-refractivity contribution is 9.10. The molecule has 5 heteroatoms. The molecular formula is C21H14BrNO3. The van der Waals surface area contributed by atoms with Gasteiger partial charge in [-0.05, 0) is 72.8 Å². The predicted octanol–water partition coefficient (Wildman–Crippen LogP) is 5.39. The fourth-order valence-electron chi connectivity index (χ4n) is 2.21. The highest BCUT2D eigenvalue weighted by atomic mass is 79.9. The monoisotopic (exact) mass is 407 g/mol. The van der Waals surface area contributed by atoms with Gasteiger partial charge >= 0.3 is 0 Å². The molecule has 0 fully saturated rings. The third-order valence-electron chi connectivity index (χ3n) is 3.57. The van der Waals surface area contributed by atoms with Crippen molar-refractivity contribution in [2.45, 2.75) is 6.61 Å². The molecule has 0 amide bonds. The summed E-state index contributed by atoms with van der Waals surface area (Å²) in [5.41, 5.74) is 1.19. The fraction of sp³-hybridized carbons (Fsp3) is 0.0476. The molecule has 3 aromatic rings. The van der Waals surface area contributed by atoms with E-state index in [1.54, 1.807) is 54.6 Å². The minimum absolute atomic E-state index is 0.0933. The summed E-state index contributed by atoms with van der Waals surface area (Å²) < 4.78 is 12.2. The largest absolute Gasteiger partial charge is 0.486 e. The Labute approximate surface area is 159 Å². The van der Waals surface area contributed by atoms with Gasteiger partial charge in [0, 0.05) is 10.0 Å². The molecule has 26 heavy (non-hydrogen) atoms. The van der Waals surface area contributed by atoms with Crippen molar-refractivity contribution in [3.8, 4) is 11.8 Å². The van der Waals surface area contributed by atoms with Crippen molar-refractivity contribution in [2.24, 2.45) is 0 Å². The van der Waals surface area contributed by atoms with Crippen LogP contribution in [0.25, 0.3) is 6.08 Å². The molecule has 128 valence electrons. The van der Waals surface area contributed by atoms with E-state index in [4.69, 9.17) is 14.4 Å². The van der Waals surface area contributed by atoms with Gasteiger partial charge in [-0.15, -0.1) is 0 Å². The van der Waals surface area contributed by atoms with Crippen molar-refractivity contribution in [3.05, 3.63) is 93.9 Å². The number of allylic oxidation sites excluding steroid dienone is 1. The molecule has 1 heterocycles. The second kappa shape index (κ2) is 8.32. The van der Waals surface area contributed by atoms with E-state index in [1.165, 1.54) is 6.08 Å². The fourth-order valence-corrected chi connectivity index (χ4v) is 2.47. The molecule has 4 nitrogen and oxygen atoms in total. The van der Waals surface area contributed by atoms with Crippen LogP contribution in [-0.2, 0) is 6.61 Å². The number of nitrogens with zero attached hydrogens (tertiary/aromatic N) is 1. The minimum atomic E-state index is -0.0933. The normalized spacial score (nSPS) is 10.6. The van der Waals surface area contributed by atoms with Crippen molar-refractivity contribution in [1.29, 1.82) is 5.26 Å². The zero-order valence-corrected chi connectivity index (χ0v) is 15.3. The number of benzene rings is 2. The van der Waals surface area contributed by atoms with Gasteiger partial charge in [-0.1, -0.05) is 15.9 Å². The van der Waals surface area contributed by atoms with Gasteiger partial charge in [-0.3, -0.25) is 4.79 Å². The average Bonchev–Trinajstić information content (AvgIpc) is 3.13. The molecule has 0 spiro atoms. The molecule has 0 aliphatic rings. The Kier molecular flexibility index (Phi) is 5.67. The molecule has 0 aliphatic heterocycles. The number of hydrogen-bond acceptors (Lipinski definition) is 4. The molecule has 0 bridgehead atoms. The molecule has 0 unspecified atom stereocenters. The lowest BCUT2D eigenvalue weighted by atomic mass is 10.1. The van der Waals surface area contributed by atoms with Crippen LogP contribution in [0.15, 0.2) is 75.6 Å². The molecule has 3 rings (SSSR count). The quantitative estimate of drug-likeness (QED) is 0.405. The topological polar surface area (TPSA) is 63.2 Å². The van der Waals surface area contributed by atoms with Crippen molar-refractivity contribution < 1.29 is 13.9 Å². The highest BCUT2D eigenvalue weighted by Gasteiger charge is 2.04. The molecule has 0 aliphatic carbocycles. The van der Waals surface area contributed by atoms with Gasteiger partial charge in [-0.2, -0.15) is 5.26 Å². The molecular weight excluding hydrogens is 394 g/mol. The number of rotatable bonds is 6. The molecule has 0 N–H and O–H groups in total. The van der Waals surface area contributed by atoms with Gasteiger partial charge in [0.15, 0.2) is 5.78 Å². The third kappa shape index (κ3) is 4.71. The van der Waals surface area contributed by atoms with E-state index in [0.29, 0.717) is 28.4 Å². The Morgan fingerprint density at radius 1 is 1.08 bits per heavy atom. The Balaban J connectivity index is 1.57. The third-order valence-corrected chi connectivity index (χ3v) is 4.10. The smallest absolute Gasteiger partial charge is 0.185 e. The van der Waals surface area contributed by atoms with E-state index in [2.05, 4.69) is 22.0 Å². The van der Waals surface area contributed by atoms with E-state index >= 15 is 0 Å². The Morgan fingerprint density at radius 2 is 1.81 bits per heavy atom. The number of ketones is 1. The Morgan fingerprint density at radius 3 is 2.50 bits per heavy atom. The standard InChI is InChI=1S/C21H14BrNO3/c22-17-5-3-16(4-6-17)21(24)12-11-19-9-10-20(26-19)14-25-18-7-1-15(13-23)2-8-18/h1-12H,14H2/b12-11+. The first-order valence-corrected chi connectivity index (χ1v) is 8.63. The van der Waals surface area contributed by atoms with Gasteiger partial charge in [0.2, 0.25) is 0 Å². The zero-order valence-electron chi connectivity index (χ0n) is 13.7. The maximum atomic E-state index is 12.1. The number of carbonyl (C=O) groups excluding carboxylic acids is 1. The van der Waals surface area contributed by atoms with Gasteiger partial charge in [0.25, 0.3) is 0 Å². The SMILES string of the molecule is N#Cc1ccc(OCc2ccc(/C=C/C(=O)c3ccc(Br)cc3)o2)cc1. The molecule has 0 radical (unpaired) electrons. The van der Waals surface area contributed by atoms with Gasteiger partial charge in [0.1, 0.15) is 23.9 Å². The predicted molar refractivity (Wildman–Crippen MR) is 102 cm³/mol. The number of carbonyl (C=O) groups is 1. The molecule has 0 saturated heterocycles. The van der Waals surface area contributed by atoms with Crippen LogP contribution >= 0.6 is 15.9 Å². The van der Waals surface area contributed by atoms with Gasteiger partial charge in [-0.25, -0.2) is 0 Å². The van der Waals surface area contributed by atoms with Gasteiger partial charge < -0.3 is 9.15 Å². The van der Waals surface area contributed by atoms with Crippen LogP contribution in [0.4, 0.5) is 0 Å². The van der Waals surface area contributed by atoms with Crippen LogP contribution in [0.2, 0.25) is 0 Å². The lowest BCUT2D eigenvalue weighted by Gasteiger charge is -2.03. The summed E-state index contributed by atoms with van der Waals surface area (Å²) in [7, 11) is 0. The maximum absolute atomic E-state index is 12.1. The lowest BCUT2D eigenvalue weighted by molar-refractivity contribution is 0.104. The summed E-state index contributed by atoms with van der Waals surface area (Å²) in [4.78, 5) is 12.1. The molecule has 0 atom stereocenters. The van der Waals surface area contributed by atoms with E-state index in [1.807, 2.05) is 12.1 Å². The van der Waals surface area contributed by atoms with Crippen molar-refractivity contribution >= 4 is 27.8 Å². The molecule has 0 saturated carbocycles. The van der Waals surface area contributed by atoms with E-state index in [-0.39, 0.29) is 12.4 Å². The van der Waals surface area contributed by atoms with Crippen molar-refractivity contribution in [1.82, 2.24) is 0 Å². The molecule has 2 aromatic carbocycles. The van der Waals surface area contributed by atoms with Crippen LogP contribution in [0.3, 0.4) is 0 Å². The van der Waals surface area contributed by atoms with Crippen molar-refractivity contribution in [2.75, 3.05) is 0 Å². The number of halogens is 1. The Bertz CT molecular complexity index is 964. The second-order valence-corrected chi connectivity index (χ2v) is 6.35. The number of nitriles is 1. The summed E-state index contributed by atoms with van der Waals surface area (Å²) >= 11 is 3.34. The highest BCUT2D eigenvalue weighted by Crippen LogP contribution is 2.16. The molecule has 1 aromatic heterocycles. The van der Waals surface area contributed by atoms with E-state index in [9.17, 15) is 4.79 Å². The van der Waals surface area contributed by atoms with Gasteiger partial charge in [0.05, 0.1) is 11.6 Å². The van der Waals surface area contributed by atoms with E-state index < -0.39 is 0 Å². The lowest BCUT2D eigenvalue weighted by Crippen LogP contribution is -1.93. The summed E-state index contributed by atoms with van der Waals surface area (Å²) in [6.45, 7) is 0.264. The number of hydrogen-bond donors (Lipinski definition) is 0.